The SMILES string of the molecule is Cc1ccc([C@H]2c3oc4ccccc4c3N(S(=O)(=O)c3ccc(C)cc3)C(=O)C[C@H]2c2ccccc2)cc1. The van der Waals surface area contributed by atoms with Gasteiger partial charge >= 0.3 is 0 Å². The van der Waals surface area contributed by atoms with Crippen molar-refractivity contribution in [1.29, 1.82) is 0 Å². The molecular weight excluding hydrogens is 494 g/mol. The number of hydrogen-bond acceptors (Lipinski definition) is 4. The first-order chi connectivity index (χ1) is 18.3. The van der Waals surface area contributed by atoms with Crippen LogP contribution in [0.2, 0.25) is 0 Å². The van der Waals surface area contributed by atoms with Crippen molar-refractivity contribution < 1.29 is 17.6 Å². The second kappa shape index (κ2) is 9.30. The molecule has 1 amide bonds. The van der Waals surface area contributed by atoms with Crippen molar-refractivity contribution in [2.75, 3.05) is 4.31 Å². The molecule has 190 valence electrons. The van der Waals surface area contributed by atoms with Gasteiger partial charge in [0.1, 0.15) is 17.0 Å². The van der Waals surface area contributed by atoms with Gasteiger partial charge in [0.2, 0.25) is 5.91 Å². The van der Waals surface area contributed by atoms with E-state index >= 15 is 0 Å². The lowest BCUT2D eigenvalue weighted by Crippen LogP contribution is -2.37. The van der Waals surface area contributed by atoms with Crippen LogP contribution in [0.5, 0.6) is 0 Å². The molecule has 2 atom stereocenters. The summed E-state index contributed by atoms with van der Waals surface area (Å²) < 4.78 is 35.8. The quantitative estimate of drug-likeness (QED) is 0.253. The van der Waals surface area contributed by atoms with Crippen molar-refractivity contribution in [3.63, 3.8) is 0 Å². The normalized spacial score (nSPS) is 17.8. The summed E-state index contributed by atoms with van der Waals surface area (Å²) in [4.78, 5) is 14.2. The Morgan fingerprint density at radius 2 is 1.34 bits per heavy atom. The molecule has 0 saturated carbocycles. The fourth-order valence-electron chi connectivity index (χ4n) is 5.41. The minimum absolute atomic E-state index is 0.00613. The van der Waals surface area contributed by atoms with Gasteiger partial charge in [-0.15, -0.1) is 0 Å². The molecule has 0 aliphatic carbocycles. The summed E-state index contributed by atoms with van der Waals surface area (Å²) in [5.74, 6) is -0.709. The highest BCUT2D eigenvalue weighted by molar-refractivity contribution is 7.93. The van der Waals surface area contributed by atoms with Gasteiger partial charge in [-0.2, -0.15) is 4.31 Å². The number of amides is 1. The van der Waals surface area contributed by atoms with E-state index in [-0.39, 0.29) is 23.2 Å². The van der Waals surface area contributed by atoms with Crippen LogP contribution in [-0.2, 0) is 14.8 Å². The molecule has 0 spiro atoms. The van der Waals surface area contributed by atoms with Crippen molar-refractivity contribution in [2.24, 2.45) is 0 Å². The van der Waals surface area contributed by atoms with Gasteiger partial charge < -0.3 is 4.42 Å². The molecule has 6 heteroatoms. The summed E-state index contributed by atoms with van der Waals surface area (Å²) in [6.07, 6.45) is 0.00613. The first-order valence-corrected chi connectivity index (χ1v) is 14.1. The number of para-hydroxylation sites is 1. The summed E-state index contributed by atoms with van der Waals surface area (Å²) in [6, 6.07) is 31.9. The van der Waals surface area contributed by atoms with Gasteiger partial charge in [-0.1, -0.05) is 90.0 Å². The van der Waals surface area contributed by atoms with Crippen LogP contribution in [0.15, 0.2) is 112 Å². The van der Waals surface area contributed by atoms with E-state index in [0.717, 1.165) is 26.6 Å². The van der Waals surface area contributed by atoms with Crippen molar-refractivity contribution in [2.45, 2.75) is 37.0 Å². The van der Waals surface area contributed by atoms with E-state index < -0.39 is 15.9 Å². The predicted molar refractivity (Wildman–Crippen MR) is 149 cm³/mol. The zero-order valence-electron chi connectivity index (χ0n) is 21.2. The number of carbonyl (C=O) groups is 1. The summed E-state index contributed by atoms with van der Waals surface area (Å²) in [5.41, 5.74) is 4.81. The molecule has 0 fully saturated rings. The van der Waals surface area contributed by atoms with Crippen LogP contribution >= 0.6 is 0 Å². The largest absolute Gasteiger partial charge is 0.458 e. The fourth-order valence-corrected chi connectivity index (χ4v) is 6.87. The van der Waals surface area contributed by atoms with Gasteiger partial charge in [-0.25, -0.2) is 8.42 Å². The Labute approximate surface area is 222 Å². The Kier molecular flexibility index (Phi) is 5.92. The lowest BCUT2D eigenvalue weighted by Gasteiger charge is -2.24. The van der Waals surface area contributed by atoms with Crippen molar-refractivity contribution in [3.8, 4) is 0 Å². The molecule has 0 radical (unpaired) electrons. The Hall–Kier alpha value is -4.16. The van der Waals surface area contributed by atoms with Gasteiger partial charge in [-0.3, -0.25) is 4.79 Å². The number of aryl methyl sites for hydroxylation is 2. The number of anilines is 1. The molecule has 5 nitrogen and oxygen atoms in total. The van der Waals surface area contributed by atoms with Crippen LogP contribution in [0.4, 0.5) is 5.69 Å². The van der Waals surface area contributed by atoms with Crippen LogP contribution in [0, 0.1) is 13.8 Å². The molecule has 5 aromatic rings. The minimum Gasteiger partial charge on any atom is -0.458 e. The molecule has 1 aliphatic heterocycles. The number of rotatable bonds is 4. The molecule has 0 N–H and O–H groups in total. The summed E-state index contributed by atoms with van der Waals surface area (Å²) in [5, 5.41) is 0.595. The second-order valence-corrected chi connectivity index (χ2v) is 11.7. The van der Waals surface area contributed by atoms with E-state index in [4.69, 9.17) is 4.42 Å². The molecular formula is C32H27NO4S. The van der Waals surface area contributed by atoms with Crippen LogP contribution in [-0.4, -0.2) is 14.3 Å². The van der Waals surface area contributed by atoms with E-state index in [1.54, 1.807) is 24.3 Å². The highest BCUT2D eigenvalue weighted by Gasteiger charge is 2.45. The average Bonchev–Trinajstić information content (AvgIpc) is 3.22. The van der Waals surface area contributed by atoms with Crippen molar-refractivity contribution >= 4 is 32.6 Å². The predicted octanol–water partition coefficient (Wildman–Crippen LogP) is 7.09. The van der Waals surface area contributed by atoms with E-state index in [2.05, 4.69) is 0 Å². The molecule has 0 unspecified atom stereocenters. The first kappa shape index (κ1) is 24.2. The van der Waals surface area contributed by atoms with Gasteiger partial charge in [-0.05, 0) is 49.2 Å². The zero-order chi connectivity index (χ0) is 26.4. The Bertz CT molecular complexity index is 1740. The lowest BCUT2D eigenvalue weighted by atomic mass is 9.78. The average molecular weight is 522 g/mol. The monoisotopic (exact) mass is 521 g/mol. The summed E-state index contributed by atoms with van der Waals surface area (Å²) in [7, 11) is -4.22. The molecule has 4 aromatic carbocycles. The Morgan fingerprint density at radius 3 is 2.03 bits per heavy atom. The van der Waals surface area contributed by atoms with Crippen LogP contribution in [0.3, 0.4) is 0 Å². The highest BCUT2D eigenvalue weighted by Crippen LogP contribution is 2.51. The lowest BCUT2D eigenvalue weighted by molar-refractivity contribution is -0.117. The Morgan fingerprint density at radius 1 is 0.737 bits per heavy atom. The third kappa shape index (κ3) is 4.02. The second-order valence-electron chi connectivity index (χ2n) is 9.90. The number of furan rings is 1. The molecule has 2 heterocycles. The van der Waals surface area contributed by atoms with Gasteiger partial charge in [0.15, 0.2) is 0 Å². The summed E-state index contributed by atoms with van der Waals surface area (Å²) in [6.45, 7) is 3.92. The van der Waals surface area contributed by atoms with Crippen LogP contribution in [0.1, 0.15) is 46.3 Å². The molecule has 1 aliphatic rings. The number of fused-ring (bicyclic) bond motifs is 3. The van der Waals surface area contributed by atoms with Crippen molar-refractivity contribution in [1.82, 2.24) is 0 Å². The van der Waals surface area contributed by atoms with E-state index in [1.165, 1.54) is 0 Å². The maximum Gasteiger partial charge on any atom is 0.271 e. The van der Waals surface area contributed by atoms with Gasteiger partial charge in [0.05, 0.1) is 10.8 Å². The van der Waals surface area contributed by atoms with E-state index in [0.29, 0.717) is 22.4 Å². The van der Waals surface area contributed by atoms with Crippen LogP contribution in [0.25, 0.3) is 11.0 Å². The van der Waals surface area contributed by atoms with Crippen LogP contribution < -0.4 is 4.31 Å². The topological polar surface area (TPSA) is 67.6 Å². The molecule has 0 saturated heterocycles. The zero-order valence-corrected chi connectivity index (χ0v) is 22.0. The smallest absolute Gasteiger partial charge is 0.271 e. The number of nitrogens with zero attached hydrogens (tertiary/aromatic N) is 1. The first-order valence-electron chi connectivity index (χ1n) is 12.6. The molecule has 0 bridgehead atoms. The fraction of sp³-hybridized carbons (Fsp3) is 0.156. The van der Waals surface area contributed by atoms with Crippen molar-refractivity contribution in [3.05, 3.63) is 131 Å². The maximum atomic E-state index is 14.2. The third-order valence-corrected chi connectivity index (χ3v) is 9.06. The number of benzene rings is 4. The molecule has 1 aromatic heterocycles. The Balaban J connectivity index is 1.66. The highest BCUT2D eigenvalue weighted by atomic mass is 32.2. The van der Waals surface area contributed by atoms with Gasteiger partial charge in [0, 0.05) is 17.7 Å². The minimum atomic E-state index is -4.22. The van der Waals surface area contributed by atoms with E-state index in [1.807, 2.05) is 92.7 Å². The molecule has 6 rings (SSSR count). The number of carbonyl (C=O) groups excluding carboxylic acids is 1. The third-order valence-electron chi connectivity index (χ3n) is 7.33. The van der Waals surface area contributed by atoms with Gasteiger partial charge in [0.25, 0.3) is 10.0 Å². The van der Waals surface area contributed by atoms with E-state index in [9.17, 15) is 13.2 Å². The number of sulfonamides is 1. The molecule has 38 heavy (non-hydrogen) atoms. The standard InChI is InChI=1S/C32H27NO4S/c1-21-12-16-24(17-13-21)30-27(23-8-4-3-5-9-23)20-29(34)33(38(35,36)25-18-14-22(2)15-19-25)31-26-10-6-7-11-28(26)37-32(30)31/h3-19,27,30H,20H2,1-2H3/t27-,30+/m0/s1. The summed E-state index contributed by atoms with van der Waals surface area (Å²) >= 11 is 0. The number of hydrogen-bond donors (Lipinski definition) is 0. The maximum absolute atomic E-state index is 14.2.